The molecule has 1 aliphatic heterocycles. The van der Waals surface area contributed by atoms with Gasteiger partial charge in [0.05, 0.1) is 21.2 Å². The molecule has 0 bridgehead atoms. The Morgan fingerprint density at radius 1 is 1.06 bits per heavy atom. The number of hydrogen-bond donors (Lipinski definition) is 0. The van der Waals surface area contributed by atoms with Gasteiger partial charge in [-0.1, -0.05) is 37.3 Å². The number of carbonyl (C=O) groups is 1. The van der Waals surface area contributed by atoms with Gasteiger partial charge in [-0.2, -0.15) is 4.31 Å². The average molecular weight is 499 g/mol. The zero-order valence-corrected chi connectivity index (χ0v) is 20.5. The number of aromatic nitrogens is 3. The van der Waals surface area contributed by atoms with Gasteiger partial charge in [-0.25, -0.2) is 13.1 Å². The summed E-state index contributed by atoms with van der Waals surface area (Å²) in [6.45, 7) is 6.51. The molecular formula is C23H26N6O5S. The summed E-state index contributed by atoms with van der Waals surface area (Å²) in [6, 6.07) is 12.8. The minimum absolute atomic E-state index is 0.0959. The molecule has 0 N–H and O–H groups in total. The first-order valence-electron chi connectivity index (χ1n) is 11.2. The number of nitrogens with zero attached hydrogens (tertiary/aromatic N) is 6. The van der Waals surface area contributed by atoms with E-state index in [0.717, 1.165) is 5.56 Å². The van der Waals surface area contributed by atoms with Crippen LogP contribution in [0.5, 0.6) is 0 Å². The number of nitro benzene ring substituents is 1. The Bertz CT molecular complexity index is 1360. The highest BCUT2D eigenvalue weighted by Crippen LogP contribution is 2.23. The van der Waals surface area contributed by atoms with Gasteiger partial charge in [0, 0.05) is 38.3 Å². The predicted octanol–water partition coefficient (Wildman–Crippen LogP) is 2.75. The SMILES string of the molecule is Cc1c(C(=O)N2CCN(S(=O)(=O)c3ccc(C(C)C)cc3)CC2)nnn1-c1cccc([N+](=O)[O-])c1. The Labute approximate surface area is 203 Å². The number of piperazine rings is 1. The smallest absolute Gasteiger partial charge is 0.276 e. The molecule has 1 fully saturated rings. The van der Waals surface area contributed by atoms with Crippen LogP contribution in [-0.2, 0) is 10.0 Å². The first-order chi connectivity index (χ1) is 16.6. The summed E-state index contributed by atoms with van der Waals surface area (Å²) >= 11 is 0. The molecule has 2 aromatic carbocycles. The van der Waals surface area contributed by atoms with Crippen molar-refractivity contribution in [2.75, 3.05) is 26.2 Å². The second-order valence-corrected chi connectivity index (χ2v) is 10.6. The van der Waals surface area contributed by atoms with Gasteiger partial charge in [-0.05, 0) is 36.6 Å². The maximum atomic E-state index is 13.1. The van der Waals surface area contributed by atoms with Crippen molar-refractivity contribution in [3.05, 3.63) is 75.6 Å². The van der Waals surface area contributed by atoms with Gasteiger partial charge >= 0.3 is 0 Å². The molecule has 2 heterocycles. The molecule has 0 spiro atoms. The molecule has 4 rings (SSSR count). The number of sulfonamides is 1. The van der Waals surface area contributed by atoms with Crippen molar-refractivity contribution in [3.63, 3.8) is 0 Å². The van der Waals surface area contributed by atoms with Crippen LogP contribution in [0, 0.1) is 17.0 Å². The lowest BCUT2D eigenvalue weighted by Gasteiger charge is -2.33. The number of carbonyl (C=O) groups excluding carboxylic acids is 1. The minimum atomic E-state index is -3.66. The first-order valence-corrected chi connectivity index (χ1v) is 12.6. The lowest BCUT2D eigenvalue weighted by atomic mass is 10.0. The Morgan fingerprint density at radius 3 is 2.31 bits per heavy atom. The maximum Gasteiger partial charge on any atom is 0.276 e. The minimum Gasteiger partial charge on any atom is -0.335 e. The quantitative estimate of drug-likeness (QED) is 0.377. The topological polar surface area (TPSA) is 132 Å². The second kappa shape index (κ2) is 9.55. The fourth-order valence-corrected chi connectivity index (χ4v) is 5.39. The van der Waals surface area contributed by atoms with Crippen molar-refractivity contribution in [2.45, 2.75) is 31.6 Å². The van der Waals surface area contributed by atoms with E-state index < -0.39 is 14.9 Å². The third-order valence-corrected chi connectivity index (χ3v) is 8.01. The third-order valence-electron chi connectivity index (χ3n) is 6.09. The van der Waals surface area contributed by atoms with Crippen molar-refractivity contribution in [1.82, 2.24) is 24.2 Å². The molecule has 11 nitrogen and oxygen atoms in total. The van der Waals surface area contributed by atoms with Crippen molar-refractivity contribution >= 4 is 21.6 Å². The molecule has 0 saturated carbocycles. The summed E-state index contributed by atoms with van der Waals surface area (Å²) in [6.07, 6.45) is 0. The van der Waals surface area contributed by atoms with Crippen LogP contribution in [0.15, 0.2) is 53.4 Å². The van der Waals surface area contributed by atoms with Gasteiger partial charge < -0.3 is 4.90 Å². The number of nitro groups is 1. The van der Waals surface area contributed by atoms with Gasteiger partial charge in [0.1, 0.15) is 0 Å². The number of non-ortho nitro benzene ring substituents is 1. The fraction of sp³-hybridized carbons (Fsp3) is 0.348. The molecule has 0 aliphatic carbocycles. The van der Waals surface area contributed by atoms with Gasteiger partial charge in [-0.15, -0.1) is 5.10 Å². The van der Waals surface area contributed by atoms with Crippen LogP contribution in [0.4, 0.5) is 5.69 Å². The number of amides is 1. The highest BCUT2D eigenvalue weighted by molar-refractivity contribution is 7.89. The summed E-state index contributed by atoms with van der Waals surface area (Å²) in [7, 11) is -3.66. The molecule has 3 aromatic rings. The van der Waals surface area contributed by atoms with Crippen LogP contribution < -0.4 is 0 Å². The monoisotopic (exact) mass is 498 g/mol. The molecule has 1 amide bonds. The van der Waals surface area contributed by atoms with E-state index in [0.29, 0.717) is 17.3 Å². The van der Waals surface area contributed by atoms with E-state index in [4.69, 9.17) is 0 Å². The average Bonchev–Trinajstić information content (AvgIpc) is 3.25. The van der Waals surface area contributed by atoms with E-state index in [-0.39, 0.29) is 48.4 Å². The summed E-state index contributed by atoms with van der Waals surface area (Å²) < 4.78 is 28.9. The van der Waals surface area contributed by atoms with Gasteiger partial charge in [0.25, 0.3) is 11.6 Å². The molecule has 0 unspecified atom stereocenters. The van der Waals surface area contributed by atoms with Crippen LogP contribution in [0.3, 0.4) is 0 Å². The zero-order chi connectivity index (χ0) is 25.3. The number of rotatable bonds is 6. The Morgan fingerprint density at radius 2 is 1.71 bits per heavy atom. The molecule has 1 aromatic heterocycles. The second-order valence-electron chi connectivity index (χ2n) is 8.63. The van der Waals surface area contributed by atoms with Crippen LogP contribution in [0.2, 0.25) is 0 Å². The third kappa shape index (κ3) is 4.80. The summed E-state index contributed by atoms with van der Waals surface area (Å²) in [5.74, 6) is -0.0581. The van der Waals surface area contributed by atoms with E-state index in [9.17, 15) is 23.3 Å². The van der Waals surface area contributed by atoms with Gasteiger partial charge in [0.2, 0.25) is 10.0 Å². The molecule has 1 saturated heterocycles. The first kappa shape index (κ1) is 24.5. The van der Waals surface area contributed by atoms with Crippen LogP contribution in [0.1, 0.15) is 41.5 Å². The largest absolute Gasteiger partial charge is 0.335 e. The number of hydrogen-bond acceptors (Lipinski definition) is 7. The Balaban J connectivity index is 1.46. The van der Waals surface area contributed by atoms with Crippen LogP contribution >= 0.6 is 0 Å². The van der Waals surface area contributed by atoms with Gasteiger partial charge in [0.15, 0.2) is 5.69 Å². The highest BCUT2D eigenvalue weighted by atomic mass is 32.2. The van der Waals surface area contributed by atoms with E-state index >= 15 is 0 Å². The Kier molecular flexibility index (Phi) is 6.68. The van der Waals surface area contributed by atoms with Gasteiger partial charge in [-0.3, -0.25) is 14.9 Å². The lowest BCUT2D eigenvalue weighted by Crippen LogP contribution is -2.50. The van der Waals surface area contributed by atoms with Crippen LogP contribution in [-0.4, -0.2) is 69.6 Å². The van der Waals surface area contributed by atoms with E-state index in [1.807, 2.05) is 26.0 Å². The van der Waals surface area contributed by atoms with Crippen molar-refractivity contribution in [1.29, 1.82) is 0 Å². The van der Waals surface area contributed by atoms with E-state index in [2.05, 4.69) is 10.3 Å². The summed E-state index contributed by atoms with van der Waals surface area (Å²) in [5.41, 5.74) is 1.95. The molecule has 0 atom stereocenters. The zero-order valence-electron chi connectivity index (χ0n) is 19.7. The molecular weight excluding hydrogens is 472 g/mol. The molecule has 0 radical (unpaired) electrons. The summed E-state index contributed by atoms with van der Waals surface area (Å²) in [4.78, 5) is 25.4. The lowest BCUT2D eigenvalue weighted by molar-refractivity contribution is -0.384. The highest BCUT2D eigenvalue weighted by Gasteiger charge is 2.32. The van der Waals surface area contributed by atoms with Crippen molar-refractivity contribution < 1.29 is 18.1 Å². The molecule has 1 aliphatic rings. The maximum absolute atomic E-state index is 13.1. The van der Waals surface area contributed by atoms with E-state index in [1.54, 1.807) is 30.0 Å². The molecule has 12 heteroatoms. The fourth-order valence-electron chi connectivity index (χ4n) is 3.97. The molecule has 184 valence electrons. The van der Waals surface area contributed by atoms with Crippen molar-refractivity contribution in [2.24, 2.45) is 0 Å². The Hall–Kier alpha value is -3.64. The van der Waals surface area contributed by atoms with Crippen LogP contribution in [0.25, 0.3) is 5.69 Å². The normalized spacial score (nSPS) is 14.9. The number of benzene rings is 2. The van der Waals surface area contributed by atoms with Crippen molar-refractivity contribution in [3.8, 4) is 5.69 Å². The molecule has 35 heavy (non-hydrogen) atoms. The standard InChI is InChI=1S/C23H26N6O5S/c1-16(2)18-7-9-21(10-8-18)35(33,34)27-13-11-26(12-14-27)23(30)22-17(3)28(25-24-22)19-5-4-6-20(15-19)29(31)32/h4-10,15-16H,11-14H2,1-3H3. The summed E-state index contributed by atoms with van der Waals surface area (Å²) in [5, 5.41) is 19.1. The predicted molar refractivity (Wildman–Crippen MR) is 128 cm³/mol. The van der Waals surface area contributed by atoms with E-state index in [1.165, 1.54) is 27.2 Å².